The molecular weight excluding hydrogens is 274 g/mol. The Morgan fingerprint density at radius 3 is 2.86 bits per heavy atom. The number of rotatable bonds is 4. The number of benzene rings is 1. The van der Waals surface area contributed by atoms with Crippen LogP contribution in [0.3, 0.4) is 0 Å². The Kier molecular flexibility index (Phi) is 4.79. The van der Waals surface area contributed by atoms with Crippen LogP contribution in [0, 0.1) is 5.92 Å². The van der Waals surface area contributed by atoms with E-state index < -0.39 is 0 Å². The predicted octanol–water partition coefficient (Wildman–Crippen LogP) is 1.50. The molecule has 2 aliphatic rings. The monoisotopic (exact) mass is 301 g/mol. The number of amides is 1. The highest BCUT2D eigenvalue weighted by Crippen LogP contribution is 2.23. The minimum atomic E-state index is -0.0123. The van der Waals surface area contributed by atoms with Crippen LogP contribution in [0.1, 0.15) is 24.5 Å². The quantitative estimate of drug-likeness (QED) is 0.915. The number of hydrogen-bond donors (Lipinski definition) is 1. The van der Waals surface area contributed by atoms with Crippen LogP contribution >= 0.6 is 0 Å². The SMILES string of the molecule is CNCC1CCN(C(=O)C(C)N2CCc3ccccc3C2)C1. The summed E-state index contributed by atoms with van der Waals surface area (Å²) in [6.07, 6.45) is 2.18. The first-order valence-corrected chi connectivity index (χ1v) is 8.43. The van der Waals surface area contributed by atoms with Gasteiger partial charge in [-0.15, -0.1) is 0 Å². The van der Waals surface area contributed by atoms with Crippen molar-refractivity contribution in [1.29, 1.82) is 0 Å². The number of nitrogens with one attached hydrogen (secondary N) is 1. The Morgan fingerprint density at radius 2 is 2.09 bits per heavy atom. The number of carbonyl (C=O) groups excluding carboxylic acids is 1. The lowest BCUT2D eigenvalue weighted by molar-refractivity contribution is -0.135. The molecule has 0 bridgehead atoms. The molecule has 2 heterocycles. The molecule has 1 N–H and O–H groups in total. The van der Waals surface area contributed by atoms with Crippen molar-refractivity contribution in [3.05, 3.63) is 35.4 Å². The molecule has 0 aromatic heterocycles. The van der Waals surface area contributed by atoms with Gasteiger partial charge in [0.1, 0.15) is 0 Å². The normalized spacial score (nSPS) is 23.4. The van der Waals surface area contributed by atoms with Crippen molar-refractivity contribution in [2.24, 2.45) is 5.92 Å². The topological polar surface area (TPSA) is 35.6 Å². The number of nitrogens with zero attached hydrogens (tertiary/aromatic N) is 2. The van der Waals surface area contributed by atoms with Gasteiger partial charge in [-0.25, -0.2) is 0 Å². The third kappa shape index (κ3) is 3.18. The Labute approximate surface area is 133 Å². The van der Waals surface area contributed by atoms with Gasteiger partial charge in [0.15, 0.2) is 0 Å². The van der Waals surface area contributed by atoms with E-state index in [1.807, 2.05) is 7.05 Å². The molecule has 1 aromatic carbocycles. The average molecular weight is 301 g/mol. The molecule has 0 radical (unpaired) electrons. The van der Waals surface area contributed by atoms with Gasteiger partial charge in [-0.3, -0.25) is 9.69 Å². The third-order valence-electron chi connectivity index (χ3n) is 5.16. The summed E-state index contributed by atoms with van der Waals surface area (Å²) in [4.78, 5) is 17.2. The van der Waals surface area contributed by atoms with Gasteiger partial charge in [0.05, 0.1) is 6.04 Å². The zero-order chi connectivity index (χ0) is 15.5. The molecular formula is C18H27N3O. The first kappa shape index (κ1) is 15.5. The van der Waals surface area contributed by atoms with Crippen molar-refractivity contribution >= 4 is 5.91 Å². The molecule has 0 aliphatic carbocycles. The summed E-state index contributed by atoms with van der Waals surface area (Å²) >= 11 is 0. The van der Waals surface area contributed by atoms with E-state index in [9.17, 15) is 4.79 Å². The first-order valence-electron chi connectivity index (χ1n) is 8.43. The zero-order valence-electron chi connectivity index (χ0n) is 13.7. The predicted molar refractivity (Wildman–Crippen MR) is 88.6 cm³/mol. The Balaban J connectivity index is 1.60. The van der Waals surface area contributed by atoms with Crippen molar-refractivity contribution in [1.82, 2.24) is 15.1 Å². The van der Waals surface area contributed by atoms with Gasteiger partial charge >= 0.3 is 0 Å². The third-order valence-corrected chi connectivity index (χ3v) is 5.16. The van der Waals surface area contributed by atoms with Crippen molar-refractivity contribution in [2.75, 3.05) is 33.2 Å². The van der Waals surface area contributed by atoms with Gasteiger partial charge in [-0.2, -0.15) is 0 Å². The lowest BCUT2D eigenvalue weighted by Gasteiger charge is -2.34. The number of fused-ring (bicyclic) bond motifs is 1. The Hall–Kier alpha value is -1.39. The van der Waals surface area contributed by atoms with Crippen LogP contribution in [-0.4, -0.2) is 55.0 Å². The van der Waals surface area contributed by atoms with E-state index in [4.69, 9.17) is 0 Å². The minimum Gasteiger partial charge on any atom is -0.341 e. The fourth-order valence-corrected chi connectivity index (χ4v) is 3.76. The maximum absolute atomic E-state index is 12.8. The lowest BCUT2D eigenvalue weighted by Crippen LogP contribution is -2.48. The molecule has 1 amide bonds. The summed E-state index contributed by atoms with van der Waals surface area (Å²) < 4.78 is 0. The molecule has 2 unspecified atom stereocenters. The van der Waals surface area contributed by atoms with E-state index in [2.05, 4.69) is 46.3 Å². The second-order valence-electron chi connectivity index (χ2n) is 6.66. The molecule has 4 nitrogen and oxygen atoms in total. The lowest BCUT2D eigenvalue weighted by atomic mass is 9.98. The van der Waals surface area contributed by atoms with Crippen molar-refractivity contribution in [2.45, 2.75) is 32.4 Å². The summed E-state index contributed by atoms with van der Waals surface area (Å²) in [5.41, 5.74) is 2.82. The van der Waals surface area contributed by atoms with Gasteiger partial charge in [0.25, 0.3) is 0 Å². The van der Waals surface area contributed by atoms with Crippen LogP contribution < -0.4 is 5.32 Å². The molecule has 22 heavy (non-hydrogen) atoms. The standard InChI is InChI=1S/C18H27N3O/c1-14(18(22)21-9-7-15(12-21)11-19-2)20-10-8-16-5-3-4-6-17(16)13-20/h3-6,14-15,19H,7-13H2,1-2H3. The summed E-state index contributed by atoms with van der Waals surface area (Å²) in [5, 5.41) is 3.22. The van der Waals surface area contributed by atoms with Crippen LogP contribution in [0.2, 0.25) is 0 Å². The van der Waals surface area contributed by atoms with Gasteiger partial charge in [-0.1, -0.05) is 24.3 Å². The fourth-order valence-electron chi connectivity index (χ4n) is 3.76. The first-order chi connectivity index (χ1) is 10.7. The summed E-state index contributed by atoms with van der Waals surface area (Å²) in [6, 6.07) is 8.59. The Bertz CT molecular complexity index is 531. The molecule has 1 fully saturated rings. The molecule has 3 rings (SSSR count). The van der Waals surface area contributed by atoms with E-state index in [0.717, 1.165) is 45.6 Å². The number of likely N-dealkylation sites (tertiary alicyclic amines) is 1. The molecule has 0 spiro atoms. The summed E-state index contributed by atoms with van der Waals surface area (Å²) in [5.74, 6) is 0.918. The maximum Gasteiger partial charge on any atom is 0.239 e. The second-order valence-corrected chi connectivity index (χ2v) is 6.66. The molecule has 2 atom stereocenters. The van der Waals surface area contributed by atoms with Crippen molar-refractivity contribution in [3.8, 4) is 0 Å². The number of hydrogen-bond acceptors (Lipinski definition) is 3. The van der Waals surface area contributed by atoms with Gasteiger partial charge in [0.2, 0.25) is 5.91 Å². The molecule has 120 valence electrons. The van der Waals surface area contributed by atoms with Crippen LogP contribution in [-0.2, 0) is 17.8 Å². The van der Waals surface area contributed by atoms with Crippen LogP contribution in [0.5, 0.6) is 0 Å². The highest BCUT2D eigenvalue weighted by Gasteiger charge is 2.32. The smallest absolute Gasteiger partial charge is 0.239 e. The molecule has 2 aliphatic heterocycles. The summed E-state index contributed by atoms with van der Waals surface area (Å²) in [7, 11) is 1.98. The zero-order valence-corrected chi connectivity index (χ0v) is 13.7. The molecule has 1 saturated heterocycles. The largest absolute Gasteiger partial charge is 0.341 e. The van der Waals surface area contributed by atoms with Crippen LogP contribution in [0.15, 0.2) is 24.3 Å². The van der Waals surface area contributed by atoms with Crippen molar-refractivity contribution in [3.63, 3.8) is 0 Å². The van der Waals surface area contributed by atoms with Crippen molar-refractivity contribution < 1.29 is 4.79 Å². The van der Waals surface area contributed by atoms with Crippen LogP contribution in [0.4, 0.5) is 0 Å². The van der Waals surface area contributed by atoms with Crippen LogP contribution in [0.25, 0.3) is 0 Å². The van der Waals surface area contributed by atoms with Gasteiger partial charge < -0.3 is 10.2 Å². The van der Waals surface area contributed by atoms with E-state index in [0.29, 0.717) is 11.8 Å². The molecule has 4 heteroatoms. The second kappa shape index (κ2) is 6.80. The summed E-state index contributed by atoms with van der Waals surface area (Å²) in [6.45, 7) is 6.79. The van der Waals surface area contributed by atoms with E-state index in [-0.39, 0.29) is 6.04 Å². The maximum atomic E-state index is 12.8. The minimum absolute atomic E-state index is 0.0123. The van der Waals surface area contributed by atoms with Gasteiger partial charge in [-0.05, 0) is 50.4 Å². The van der Waals surface area contributed by atoms with Gasteiger partial charge in [0, 0.05) is 26.2 Å². The highest BCUT2D eigenvalue weighted by atomic mass is 16.2. The molecule has 1 aromatic rings. The Morgan fingerprint density at radius 1 is 1.32 bits per heavy atom. The van der Waals surface area contributed by atoms with E-state index >= 15 is 0 Å². The van der Waals surface area contributed by atoms with E-state index in [1.54, 1.807) is 0 Å². The highest BCUT2D eigenvalue weighted by molar-refractivity contribution is 5.81. The average Bonchev–Trinajstić information content (AvgIpc) is 3.02. The fraction of sp³-hybridized carbons (Fsp3) is 0.611. The van der Waals surface area contributed by atoms with E-state index in [1.165, 1.54) is 11.1 Å². The molecule has 0 saturated carbocycles. The number of carbonyl (C=O) groups is 1.